The first kappa shape index (κ1) is 22.9. The Morgan fingerprint density at radius 1 is 1.08 bits per heavy atom. The monoisotopic (exact) mass is 484 g/mol. The molecule has 8 heteroatoms. The normalized spacial score (nSPS) is 17.7. The first-order valence-electron chi connectivity index (χ1n) is 13.1. The van der Waals surface area contributed by atoms with E-state index in [0.717, 1.165) is 54.8 Å². The topological polar surface area (TPSA) is 88.9 Å². The van der Waals surface area contributed by atoms with Gasteiger partial charge in [-0.3, -0.25) is 9.69 Å². The van der Waals surface area contributed by atoms with Crippen LogP contribution in [0.25, 0.3) is 10.9 Å². The number of aromatic amines is 1. The van der Waals surface area contributed by atoms with Crippen LogP contribution >= 0.6 is 0 Å². The Bertz CT molecular complexity index is 1420. The second-order valence-corrected chi connectivity index (χ2v) is 9.90. The molecule has 0 amide bonds. The molecule has 36 heavy (non-hydrogen) atoms. The van der Waals surface area contributed by atoms with Gasteiger partial charge in [-0.1, -0.05) is 43.5 Å². The van der Waals surface area contributed by atoms with E-state index in [9.17, 15) is 4.79 Å². The number of aromatic nitrogens is 5. The molecule has 1 saturated carbocycles. The van der Waals surface area contributed by atoms with Crippen LogP contribution in [0.15, 0.2) is 53.3 Å². The molecule has 8 nitrogen and oxygen atoms in total. The molecule has 1 aliphatic heterocycles. The fourth-order valence-electron chi connectivity index (χ4n) is 5.86. The van der Waals surface area contributed by atoms with E-state index >= 15 is 0 Å². The maximum atomic E-state index is 13.6. The molecule has 1 aliphatic carbocycles. The standard InChI is InChI=1S/C28H32N6O2/c1-2-36-23-12-13-25-21(16-23)17-24(28(35)29-25)26(33-15-14-19-8-6-7-9-20(19)18-33)27-30-31-32-34(27)22-10-4-3-5-11-22/h6-9,12-13,16-17,22,26H,2-5,10-11,14-15,18H2,1H3,(H,29,35). The van der Waals surface area contributed by atoms with Gasteiger partial charge >= 0.3 is 0 Å². The summed E-state index contributed by atoms with van der Waals surface area (Å²) in [6.07, 6.45) is 6.69. The quantitative estimate of drug-likeness (QED) is 0.431. The minimum atomic E-state index is -0.348. The lowest BCUT2D eigenvalue weighted by Crippen LogP contribution is -2.39. The Hall–Kier alpha value is -3.52. The van der Waals surface area contributed by atoms with E-state index < -0.39 is 0 Å². The van der Waals surface area contributed by atoms with Crippen molar-refractivity contribution in [1.29, 1.82) is 0 Å². The lowest BCUT2D eigenvalue weighted by atomic mass is 9.94. The number of benzene rings is 2. The third-order valence-electron chi connectivity index (χ3n) is 7.66. The minimum Gasteiger partial charge on any atom is -0.494 e. The minimum absolute atomic E-state index is 0.103. The fourth-order valence-corrected chi connectivity index (χ4v) is 5.86. The van der Waals surface area contributed by atoms with E-state index in [1.165, 1.54) is 30.4 Å². The Morgan fingerprint density at radius 3 is 2.75 bits per heavy atom. The molecule has 4 aromatic rings. The van der Waals surface area contributed by atoms with Gasteiger partial charge < -0.3 is 9.72 Å². The van der Waals surface area contributed by atoms with Crippen molar-refractivity contribution in [3.05, 3.63) is 81.4 Å². The molecule has 0 radical (unpaired) electrons. The van der Waals surface area contributed by atoms with Gasteiger partial charge in [0.2, 0.25) is 0 Å². The summed E-state index contributed by atoms with van der Waals surface area (Å²) in [6, 6.07) is 16.3. The number of nitrogens with one attached hydrogen (secondary N) is 1. The number of nitrogens with zero attached hydrogens (tertiary/aromatic N) is 5. The molecule has 2 aromatic carbocycles. The first-order valence-corrected chi connectivity index (χ1v) is 13.1. The average Bonchev–Trinajstić information content (AvgIpc) is 3.39. The largest absolute Gasteiger partial charge is 0.494 e. The van der Waals surface area contributed by atoms with Gasteiger partial charge in [0.15, 0.2) is 5.82 Å². The second kappa shape index (κ2) is 9.85. The number of ether oxygens (including phenoxy) is 1. The van der Waals surface area contributed by atoms with Crippen molar-refractivity contribution in [3.63, 3.8) is 0 Å². The van der Waals surface area contributed by atoms with Crippen molar-refractivity contribution in [1.82, 2.24) is 30.1 Å². The summed E-state index contributed by atoms with van der Waals surface area (Å²) in [6.45, 7) is 4.13. The summed E-state index contributed by atoms with van der Waals surface area (Å²) >= 11 is 0. The van der Waals surface area contributed by atoms with Gasteiger partial charge in [-0.15, -0.1) is 5.10 Å². The van der Waals surface area contributed by atoms with Crippen molar-refractivity contribution in [3.8, 4) is 5.75 Å². The lowest BCUT2D eigenvalue weighted by molar-refractivity contribution is 0.187. The van der Waals surface area contributed by atoms with Gasteiger partial charge in [0.25, 0.3) is 5.56 Å². The molecule has 1 atom stereocenters. The van der Waals surface area contributed by atoms with E-state index in [0.29, 0.717) is 12.2 Å². The van der Waals surface area contributed by atoms with Crippen molar-refractivity contribution in [2.24, 2.45) is 0 Å². The molecular weight excluding hydrogens is 452 g/mol. The summed E-state index contributed by atoms with van der Waals surface area (Å²) in [5.41, 5.74) is 4.02. The molecule has 1 N–H and O–H groups in total. The van der Waals surface area contributed by atoms with Crippen LogP contribution in [0, 0.1) is 0 Å². The van der Waals surface area contributed by atoms with Crippen LogP contribution in [0.2, 0.25) is 0 Å². The van der Waals surface area contributed by atoms with Crippen LogP contribution in [0.1, 0.15) is 73.6 Å². The maximum absolute atomic E-state index is 13.6. The van der Waals surface area contributed by atoms with Gasteiger partial charge in [-0.2, -0.15) is 0 Å². The molecule has 0 bridgehead atoms. The number of tetrazole rings is 1. The second-order valence-electron chi connectivity index (χ2n) is 9.90. The number of hydrogen-bond acceptors (Lipinski definition) is 6. The van der Waals surface area contributed by atoms with Crippen molar-refractivity contribution < 1.29 is 4.74 Å². The molecule has 6 rings (SSSR count). The van der Waals surface area contributed by atoms with E-state index in [2.05, 4.69) is 49.7 Å². The van der Waals surface area contributed by atoms with Crippen molar-refractivity contribution in [2.75, 3.05) is 13.2 Å². The number of H-pyrrole nitrogens is 1. The molecule has 2 aliphatic rings. The molecular formula is C28H32N6O2. The zero-order valence-corrected chi connectivity index (χ0v) is 20.7. The van der Waals surface area contributed by atoms with E-state index in [-0.39, 0.29) is 17.6 Å². The van der Waals surface area contributed by atoms with Gasteiger partial charge in [-0.25, -0.2) is 4.68 Å². The average molecular weight is 485 g/mol. The molecule has 0 saturated heterocycles. The highest BCUT2D eigenvalue weighted by Crippen LogP contribution is 2.35. The summed E-state index contributed by atoms with van der Waals surface area (Å²) in [4.78, 5) is 19.0. The zero-order chi connectivity index (χ0) is 24.5. The summed E-state index contributed by atoms with van der Waals surface area (Å²) in [5.74, 6) is 1.55. The Labute approximate surface area is 210 Å². The Balaban J connectivity index is 1.48. The highest BCUT2D eigenvalue weighted by Gasteiger charge is 2.34. The van der Waals surface area contributed by atoms with Crippen LogP contribution in [0.4, 0.5) is 0 Å². The highest BCUT2D eigenvalue weighted by atomic mass is 16.5. The molecule has 1 fully saturated rings. The lowest BCUT2D eigenvalue weighted by Gasteiger charge is -2.35. The highest BCUT2D eigenvalue weighted by molar-refractivity contribution is 5.80. The smallest absolute Gasteiger partial charge is 0.253 e. The van der Waals surface area contributed by atoms with Crippen molar-refractivity contribution >= 4 is 10.9 Å². The molecule has 3 heterocycles. The predicted octanol–water partition coefficient (Wildman–Crippen LogP) is 4.57. The van der Waals surface area contributed by atoms with Gasteiger partial charge in [0, 0.05) is 29.6 Å². The number of pyridine rings is 1. The van der Waals surface area contributed by atoms with E-state index in [4.69, 9.17) is 4.74 Å². The van der Waals surface area contributed by atoms with Gasteiger partial charge in [0.05, 0.1) is 12.6 Å². The number of hydrogen-bond donors (Lipinski definition) is 1. The van der Waals surface area contributed by atoms with E-state index in [1.807, 2.05) is 35.9 Å². The third kappa shape index (κ3) is 4.30. The van der Waals surface area contributed by atoms with Crippen LogP contribution < -0.4 is 10.3 Å². The molecule has 1 unspecified atom stereocenters. The predicted molar refractivity (Wildman–Crippen MR) is 138 cm³/mol. The number of fused-ring (bicyclic) bond motifs is 2. The maximum Gasteiger partial charge on any atom is 0.253 e. The van der Waals surface area contributed by atoms with Gasteiger partial charge in [-0.05, 0) is 72.0 Å². The summed E-state index contributed by atoms with van der Waals surface area (Å²) in [5, 5.41) is 14.1. The molecule has 0 spiro atoms. The van der Waals surface area contributed by atoms with E-state index in [1.54, 1.807) is 0 Å². The van der Waals surface area contributed by atoms with Crippen LogP contribution in [-0.4, -0.2) is 43.2 Å². The SMILES string of the molecule is CCOc1ccc2[nH]c(=O)c(C(c3nnnn3C3CCCCC3)N3CCc4ccccc4C3)cc2c1. The first-order chi connectivity index (χ1) is 17.7. The molecule has 2 aromatic heterocycles. The van der Waals surface area contributed by atoms with Crippen LogP contribution in [0.3, 0.4) is 0 Å². The van der Waals surface area contributed by atoms with Crippen LogP contribution in [-0.2, 0) is 13.0 Å². The Kier molecular flexibility index (Phi) is 6.27. The summed E-state index contributed by atoms with van der Waals surface area (Å²) in [7, 11) is 0. The number of rotatable bonds is 6. The zero-order valence-electron chi connectivity index (χ0n) is 20.7. The van der Waals surface area contributed by atoms with Crippen LogP contribution in [0.5, 0.6) is 5.75 Å². The fraction of sp³-hybridized carbons (Fsp3) is 0.429. The van der Waals surface area contributed by atoms with Crippen molar-refractivity contribution in [2.45, 2.75) is 64.1 Å². The van der Waals surface area contributed by atoms with Gasteiger partial charge in [0.1, 0.15) is 11.8 Å². The Morgan fingerprint density at radius 2 is 1.92 bits per heavy atom. The third-order valence-corrected chi connectivity index (χ3v) is 7.66. The molecule has 186 valence electrons. The summed E-state index contributed by atoms with van der Waals surface area (Å²) < 4.78 is 7.74.